The second-order valence-corrected chi connectivity index (χ2v) is 4.27. The van der Waals surface area contributed by atoms with Crippen molar-refractivity contribution in [3.8, 4) is 28.7 Å². The van der Waals surface area contributed by atoms with Gasteiger partial charge in [0.25, 0.3) is 0 Å². The molecule has 0 N–H and O–H groups in total. The van der Waals surface area contributed by atoms with E-state index in [9.17, 15) is 10.1 Å². The van der Waals surface area contributed by atoms with E-state index in [0.717, 1.165) is 11.8 Å². The SMILES string of the molecule is CCOc1ccccc1-c1c(C=O)ccc(C#N)c1OC. The normalized spacial score (nSPS) is 9.76. The minimum atomic E-state index is 0.379. The van der Waals surface area contributed by atoms with Gasteiger partial charge in [-0.25, -0.2) is 0 Å². The molecule has 0 saturated carbocycles. The summed E-state index contributed by atoms with van der Waals surface area (Å²) in [5.74, 6) is 1.03. The number of carbonyl (C=O) groups excluding carboxylic acids is 1. The number of methoxy groups -OCH3 is 1. The number of carbonyl (C=O) groups is 1. The molecule has 0 amide bonds. The van der Waals surface area contributed by atoms with Crippen LogP contribution in [0.2, 0.25) is 0 Å². The fraction of sp³-hybridized carbons (Fsp3) is 0.176. The summed E-state index contributed by atoms with van der Waals surface area (Å²) in [6.07, 6.45) is 0.752. The van der Waals surface area contributed by atoms with Crippen molar-refractivity contribution in [1.29, 1.82) is 5.26 Å². The molecule has 0 saturated heterocycles. The van der Waals surface area contributed by atoms with Crippen LogP contribution < -0.4 is 9.47 Å². The van der Waals surface area contributed by atoms with Crippen LogP contribution in [0.5, 0.6) is 11.5 Å². The zero-order chi connectivity index (χ0) is 15.2. The summed E-state index contributed by atoms with van der Waals surface area (Å²) in [4.78, 5) is 11.4. The molecule has 0 fully saturated rings. The molecule has 4 nitrogen and oxygen atoms in total. The summed E-state index contributed by atoms with van der Waals surface area (Å²) in [6, 6.07) is 12.7. The molecule has 2 rings (SSSR count). The maximum Gasteiger partial charge on any atom is 0.150 e. The van der Waals surface area contributed by atoms with E-state index < -0.39 is 0 Å². The highest BCUT2D eigenvalue weighted by atomic mass is 16.5. The van der Waals surface area contributed by atoms with Crippen LogP contribution in [-0.4, -0.2) is 20.0 Å². The summed E-state index contributed by atoms with van der Waals surface area (Å²) in [7, 11) is 1.48. The van der Waals surface area contributed by atoms with Gasteiger partial charge in [0.1, 0.15) is 17.6 Å². The Balaban J connectivity index is 2.79. The standard InChI is InChI=1S/C17H15NO3/c1-3-21-15-7-5-4-6-14(15)16-13(11-19)9-8-12(10-18)17(16)20-2/h4-9,11H,3H2,1-2H3. The monoisotopic (exact) mass is 281 g/mol. The zero-order valence-corrected chi connectivity index (χ0v) is 11.9. The van der Waals surface area contributed by atoms with E-state index in [1.807, 2.05) is 31.2 Å². The Hall–Kier alpha value is -2.80. The Labute approximate surface area is 123 Å². The first-order valence-electron chi connectivity index (χ1n) is 6.55. The molecule has 0 bridgehead atoms. The van der Waals surface area contributed by atoms with Gasteiger partial charge in [0, 0.05) is 16.7 Å². The molecular formula is C17H15NO3. The van der Waals surface area contributed by atoms with Gasteiger partial charge in [0.05, 0.1) is 19.3 Å². The summed E-state index contributed by atoms with van der Waals surface area (Å²) in [5.41, 5.74) is 2.15. The van der Waals surface area contributed by atoms with E-state index in [4.69, 9.17) is 9.47 Å². The van der Waals surface area contributed by atoms with Crippen LogP contribution in [0.3, 0.4) is 0 Å². The van der Waals surface area contributed by atoms with Gasteiger partial charge in [0.15, 0.2) is 6.29 Å². The van der Waals surface area contributed by atoms with E-state index in [1.165, 1.54) is 7.11 Å². The average Bonchev–Trinajstić information content (AvgIpc) is 2.54. The molecule has 2 aromatic carbocycles. The smallest absolute Gasteiger partial charge is 0.150 e. The molecule has 0 aromatic heterocycles. The van der Waals surface area contributed by atoms with Crippen LogP contribution >= 0.6 is 0 Å². The van der Waals surface area contributed by atoms with Crippen LogP contribution in [0.15, 0.2) is 36.4 Å². The van der Waals surface area contributed by atoms with E-state index in [2.05, 4.69) is 6.07 Å². The van der Waals surface area contributed by atoms with Gasteiger partial charge in [-0.2, -0.15) is 5.26 Å². The molecule has 0 radical (unpaired) electrons. The number of hydrogen-bond donors (Lipinski definition) is 0. The largest absolute Gasteiger partial charge is 0.495 e. The van der Waals surface area contributed by atoms with Crippen molar-refractivity contribution < 1.29 is 14.3 Å². The third-order valence-electron chi connectivity index (χ3n) is 3.10. The number of para-hydroxylation sites is 1. The minimum Gasteiger partial charge on any atom is -0.495 e. The number of rotatable bonds is 5. The lowest BCUT2D eigenvalue weighted by atomic mass is 9.95. The van der Waals surface area contributed by atoms with Gasteiger partial charge in [-0.05, 0) is 25.1 Å². The molecular weight excluding hydrogens is 266 g/mol. The van der Waals surface area contributed by atoms with Gasteiger partial charge in [-0.15, -0.1) is 0 Å². The van der Waals surface area contributed by atoms with Gasteiger partial charge in [0.2, 0.25) is 0 Å². The lowest BCUT2D eigenvalue weighted by Gasteiger charge is -2.16. The highest BCUT2D eigenvalue weighted by Gasteiger charge is 2.18. The number of ether oxygens (including phenoxy) is 2. The second kappa shape index (κ2) is 6.58. The van der Waals surface area contributed by atoms with Gasteiger partial charge < -0.3 is 9.47 Å². The lowest BCUT2D eigenvalue weighted by molar-refractivity contribution is 0.112. The first-order chi connectivity index (χ1) is 10.3. The van der Waals surface area contributed by atoms with Crippen molar-refractivity contribution >= 4 is 6.29 Å². The predicted octanol–water partition coefficient (Wildman–Crippen LogP) is 3.45. The third-order valence-corrected chi connectivity index (χ3v) is 3.10. The van der Waals surface area contributed by atoms with Gasteiger partial charge in [-0.1, -0.05) is 18.2 Å². The van der Waals surface area contributed by atoms with Crippen LogP contribution in [-0.2, 0) is 0 Å². The second-order valence-electron chi connectivity index (χ2n) is 4.27. The fourth-order valence-electron chi connectivity index (χ4n) is 2.23. The van der Waals surface area contributed by atoms with Crippen LogP contribution in [0.25, 0.3) is 11.1 Å². The Bertz CT molecular complexity index is 702. The molecule has 0 spiro atoms. The number of hydrogen-bond acceptors (Lipinski definition) is 4. The molecule has 21 heavy (non-hydrogen) atoms. The Morgan fingerprint density at radius 3 is 2.62 bits per heavy atom. The molecule has 0 heterocycles. The van der Waals surface area contributed by atoms with E-state index in [1.54, 1.807) is 12.1 Å². The zero-order valence-electron chi connectivity index (χ0n) is 11.9. The van der Waals surface area contributed by atoms with Crippen molar-refractivity contribution in [1.82, 2.24) is 0 Å². The van der Waals surface area contributed by atoms with Gasteiger partial charge in [-0.3, -0.25) is 4.79 Å². The van der Waals surface area contributed by atoms with E-state index in [-0.39, 0.29) is 0 Å². The maximum absolute atomic E-state index is 11.4. The maximum atomic E-state index is 11.4. The van der Waals surface area contributed by atoms with E-state index in [0.29, 0.717) is 34.8 Å². The first kappa shape index (κ1) is 14.6. The highest BCUT2D eigenvalue weighted by Crippen LogP contribution is 2.40. The minimum absolute atomic E-state index is 0.379. The lowest BCUT2D eigenvalue weighted by Crippen LogP contribution is -2.00. The molecule has 0 aliphatic rings. The first-order valence-corrected chi connectivity index (χ1v) is 6.55. The number of aldehydes is 1. The molecule has 0 aliphatic heterocycles. The Morgan fingerprint density at radius 1 is 1.24 bits per heavy atom. The molecule has 0 atom stereocenters. The molecule has 4 heteroatoms. The number of nitrogens with zero attached hydrogens (tertiary/aromatic N) is 1. The van der Waals surface area contributed by atoms with Crippen molar-refractivity contribution in [2.24, 2.45) is 0 Å². The highest BCUT2D eigenvalue weighted by molar-refractivity contribution is 5.93. The van der Waals surface area contributed by atoms with E-state index >= 15 is 0 Å². The topological polar surface area (TPSA) is 59.3 Å². The molecule has 0 aliphatic carbocycles. The van der Waals surface area contributed by atoms with Crippen molar-refractivity contribution in [2.75, 3.05) is 13.7 Å². The fourth-order valence-corrected chi connectivity index (χ4v) is 2.23. The van der Waals surface area contributed by atoms with Crippen molar-refractivity contribution in [3.05, 3.63) is 47.5 Å². The predicted molar refractivity (Wildman–Crippen MR) is 79.7 cm³/mol. The van der Waals surface area contributed by atoms with Crippen LogP contribution in [0, 0.1) is 11.3 Å². The third kappa shape index (κ3) is 2.72. The summed E-state index contributed by atoms with van der Waals surface area (Å²) in [6.45, 7) is 2.40. The molecule has 2 aromatic rings. The number of nitriles is 1. The molecule has 106 valence electrons. The average molecular weight is 281 g/mol. The Kier molecular flexibility index (Phi) is 4.57. The molecule has 0 unspecified atom stereocenters. The van der Waals surface area contributed by atoms with Crippen LogP contribution in [0.1, 0.15) is 22.8 Å². The van der Waals surface area contributed by atoms with Crippen molar-refractivity contribution in [3.63, 3.8) is 0 Å². The summed E-state index contributed by atoms with van der Waals surface area (Å²) >= 11 is 0. The summed E-state index contributed by atoms with van der Waals surface area (Å²) < 4.78 is 11.0. The number of benzene rings is 2. The Morgan fingerprint density at radius 2 is 2.00 bits per heavy atom. The van der Waals surface area contributed by atoms with Crippen molar-refractivity contribution in [2.45, 2.75) is 6.92 Å². The van der Waals surface area contributed by atoms with Crippen LogP contribution in [0.4, 0.5) is 0 Å². The quantitative estimate of drug-likeness (QED) is 0.788. The summed E-state index contributed by atoms with van der Waals surface area (Å²) in [5, 5.41) is 9.21. The van der Waals surface area contributed by atoms with Gasteiger partial charge >= 0.3 is 0 Å².